The summed E-state index contributed by atoms with van der Waals surface area (Å²) in [6.07, 6.45) is 2.15. The number of anilines is 1. The summed E-state index contributed by atoms with van der Waals surface area (Å²) < 4.78 is 5.25. The Labute approximate surface area is 156 Å². The molecule has 1 aromatic carbocycles. The van der Waals surface area contributed by atoms with Crippen LogP contribution >= 0.6 is 0 Å². The van der Waals surface area contributed by atoms with Crippen molar-refractivity contribution in [1.29, 1.82) is 0 Å². The van der Waals surface area contributed by atoms with Crippen molar-refractivity contribution in [3.63, 3.8) is 0 Å². The van der Waals surface area contributed by atoms with E-state index in [1.165, 1.54) is 12.1 Å². The largest absolute Gasteiger partial charge is 0.444 e. The number of non-ortho nitro benzene ring substituents is 1. The Kier molecular flexibility index (Phi) is 5.11. The third-order valence-corrected chi connectivity index (χ3v) is 4.27. The molecule has 1 aromatic heterocycles. The standard InChI is InChI=1S/C18H23N5O4/c1-18(2,3)27-17(24)20-9-12-6-7-22(11-12)16-10-19-15-8-13(23(25)26)4-5-14(15)21-16/h4-5,8,10,12H,6-7,9,11H2,1-3H3,(H,20,24)/t12-/m0/s1. The normalized spacial score (nSPS) is 17.1. The lowest BCUT2D eigenvalue weighted by atomic mass is 10.1. The summed E-state index contributed by atoms with van der Waals surface area (Å²) in [4.78, 5) is 33.2. The van der Waals surface area contributed by atoms with E-state index in [2.05, 4.69) is 20.2 Å². The first-order chi connectivity index (χ1) is 12.7. The van der Waals surface area contributed by atoms with Crippen LogP contribution < -0.4 is 10.2 Å². The number of hydrogen-bond donors (Lipinski definition) is 1. The number of ether oxygens (including phenoxy) is 1. The van der Waals surface area contributed by atoms with Gasteiger partial charge >= 0.3 is 6.09 Å². The molecule has 27 heavy (non-hydrogen) atoms. The Morgan fingerprint density at radius 2 is 2.19 bits per heavy atom. The van der Waals surface area contributed by atoms with Gasteiger partial charge in [0.1, 0.15) is 11.4 Å². The fraction of sp³-hybridized carbons (Fsp3) is 0.500. The molecule has 0 bridgehead atoms. The molecule has 1 N–H and O–H groups in total. The highest BCUT2D eigenvalue weighted by atomic mass is 16.6. The number of alkyl carbamates (subject to hydrolysis) is 1. The van der Waals surface area contributed by atoms with Gasteiger partial charge in [0.2, 0.25) is 0 Å². The predicted octanol–water partition coefficient (Wildman–Crippen LogP) is 2.89. The number of aromatic nitrogens is 2. The van der Waals surface area contributed by atoms with Crippen molar-refractivity contribution in [3.05, 3.63) is 34.5 Å². The second kappa shape index (κ2) is 7.34. The smallest absolute Gasteiger partial charge is 0.407 e. The van der Waals surface area contributed by atoms with Gasteiger partial charge in [-0.15, -0.1) is 0 Å². The summed E-state index contributed by atoms with van der Waals surface area (Å²) in [5, 5.41) is 13.7. The van der Waals surface area contributed by atoms with E-state index in [0.29, 0.717) is 23.5 Å². The summed E-state index contributed by atoms with van der Waals surface area (Å²) in [7, 11) is 0. The van der Waals surface area contributed by atoms with Crippen LogP contribution in [0.2, 0.25) is 0 Å². The number of nitrogens with one attached hydrogen (secondary N) is 1. The zero-order valence-electron chi connectivity index (χ0n) is 15.6. The number of nitrogens with zero attached hydrogens (tertiary/aromatic N) is 4. The monoisotopic (exact) mass is 373 g/mol. The van der Waals surface area contributed by atoms with Gasteiger partial charge in [-0.25, -0.2) is 9.78 Å². The Morgan fingerprint density at radius 3 is 2.89 bits per heavy atom. The highest BCUT2D eigenvalue weighted by molar-refractivity contribution is 5.78. The molecule has 1 fully saturated rings. The maximum Gasteiger partial charge on any atom is 0.407 e. The zero-order chi connectivity index (χ0) is 19.6. The topological polar surface area (TPSA) is 110 Å². The summed E-state index contributed by atoms with van der Waals surface area (Å²) in [6.45, 7) is 7.60. The number of carbonyl (C=O) groups excluding carboxylic acids is 1. The molecule has 0 radical (unpaired) electrons. The van der Waals surface area contributed by atoms with E-state index in [4.69, 9.17) is 4.74 Å². The van der Waals surface area contributed by atoms with Gasteiger partial charge in [-0.1, -0.05) is 0 Å². The van der Waals surface area contributed by atoms with Gasteiger partial charge in [0, 0.05) is 31.8 Å². The fourth-order valence-corrected chi connectivity index (χ4v) is 3.00. The Bertz CT molecular complexity index is 864. The highest BCUT2D eigenvalue weighted by Crippen LogP contribution is 2.24. The van der Waals surface area contributed by atoms with E-state index < -0.39 is 16.6 Å². The molecule has 1 amide bonds. The SMILES string of the molecule is CC(C)(C)OC(=O)NC[C@@H]1CCN(c2cnc3cc([N+](=O)[O-])ccc3n2)C1. The Balaban J connectivity index is 1.60. The molecule has 0 aliphatic carbocycles. The molecule has 2 heterocycles. The van der Waals surface area contributed by atoms with E-state index in [1.54, 1.807) is 12.3 Å². The third kappa shape index (κ3) is 4.81. The Hall–Kier alpha value is -2.97. The van der Waals surface area contributed by atoms with E-state index in [1.807, 2.05) is 20.8 Å². The average Bonchev–Trinajstić information content (AvgIpc) is 3.06. The first-order valence-electron chi connectivity index (χ1n) is 8.84. The lowest BCUT2D eigenvalue weighted by Crippen LogP contribution is -2.36. The predicted molar refractivity (Wildman–Crippen MR) is 101 cm³/mol. The van der Waals surface area contributed by atoms with E-state index in [0.717, 1.165) is 25.3 Å². The van der Waals surface area contributed by atoms with Crippen molar-refractivity contribution in [2.24, 2.45) is 5.92 Å². The van der Waals surface area contributed by atoms with E-state index >= 15 is 0 Å². The van der Waals surface area contributed by atoms with Gasteiger partial charge in [-0.05, 0) is 39.2 Å². The molecule has 1 saturated heterocycles. The molecule has 2 aromatic rings. The van der Waals surface area contributed by atoms with Gasteiger partial charge in [-0.3, -0.25) is 15.1 Å². The molecule has 1 atom stereocenters. The minimum atomic E-state index is -0.512. The summed E-state index contributed by atoms with van der Waals surface area (Å²) in [5.74, 6) is 1.03. The number of amides is 1. The maximum atomic E-state index is 11.8. The van der Waals surface area contributed by atoms with Crippen LogP contribution in [-0.4, -0.2) is 46.2 Å². The average molecular weight is 373 g/mol. The molecule has 9 heteroatoms. The van der Waals surface area contributed by atoms with Gasteiger partial charge in [0.15, 0.2) is 0 Å². The fourth-order valence-electron chi connectivity index (χ4n) is 3.00. The van der Waals surface area contributed by atoms with Gasteiger partial charge < -0.3 is 15.0 Å². The molecule has 9 nitrogen and oxygen atoms in total. The van der Waals surface area contributed by atoms with Gasteiger partial charge in [0.05, 0.1) is 22.2 Å². The number of carbonyl (C=O) groups is 1. The number of nitro benzene ring substituents is 1. The minimum absolute atomic E-state index is 0.000922. The number of hydrogen-bond acceptors (Lipinski definition) is 7. The molecular formula is C18H23N5O4. The van der Waals surface area contributed by atoms with Crippen molar-refractivity contribution in [3.8, 4) is 0 Å². The lowest BCUT2D eigenvalue weighted by molar-refractivity contribution is -0.384. The molecule has 3 rings (SSSR count). The molecule has 144 valence electrons. The number of nitro groups is 1. The quantitative estimate of drug-likeness (QED) is 0.648. The molecule has 0 spiro atoms. The molecule has 1 aliphatic rings. The highest BCUT2D eigenvalue weighted by Gasteiger charge is 2.25. The van der Waals surface area contributed by atoms with Crippen LogP contribution in [0.15, 0.2) is 24.4 Å². The van der Waals surface area contributed by atoms with Gasteiger partial charge in [0.25, 0.3) is 5.69 Å². The van der Waals surface area contributed by atoms with Crippen LogP contribution in [-0.2, 0) is 4.74 Å². The first kappa shape index (κ1) is 18.8. The summed E-state index contributed by atoms with van der Waals surface area (Å²) in [6, 6.07) is 4.46. The molecule has 0 unspecified atom stereocenters. The third-order valence-electron chi connectivity index (χ3n) is 4.27. The second-order valence-corrected chi connectivity index (χ2v) is 7.64. The summed E-state index contributed by atoms with van der Waals surface area (Å²) >= 11 is 0. The van der Waals surface area contributed by atoms with E-state index in [9.17, 15) is 14.9 Å². The number of benzene rings is 1. The van der Waals surface area contributed by atoms with E-state index in [-0.39, 0.29) is 5.69 Å². The molecular weight excluding hydrogens is 350 g/mol. The Morgan fingerprint density at radius 1 is 1.41 bits per heavy atom. The lowest BCUT2D eigenvalue weighted by Gasteiger charge is -2.21. The summed E-state index contributed by atoms with van der Waals surface area (Å²) in [5.41, 5.74) is 0.601. The van der Waals surface area contributed by atoms with Crippen LogP contribution in [0.4, 0.5) is 16.3 Å². The number of rotatable bonds is 4. The molecule has 0 saturated carbocycles. The first-order valence-corrected chi connectivity index (χ1v) is 8.84. The van der Waals surface area contributed by atoms with Crippen LogP contribution in [0.5, 0.6) is 0 Å². The van der Waals surface area contributed by atoms with Crippen LogP contribution in [0.25, 0.3) is 11.0 Å². The van der Waals surface area contributed by atoms with Gasteiger partial charge in [-0.2, -0.15) is 0 Å². The maximum absolute atomic E-state index is 11.8. The van der Waals surface area contributed by atoms with Crippen LogP contribution in [0.3, 0.4) is 0 Å². The van der Waals surface area contributed by atoms with Crippen molar-refractivity contribution < 1.29 is 14.5 Å². The second-order valence-electron chi connectivity index (χ2n) is 7.64. The van der Waals surface area contributed by atoms with Crippen molar-refractivity contribution in [1.82, 2.24) is 15.3 Å². The minimum Gasteiger partial charge on any atom is -0.444 e. The number of fused-ring (bicyclic) bond motifs is 1. The van der Waals surface area contributed by atoms with Crippen LogP contribution in [0.1, 0.15) is 27.2 Å². The van der Waals surface area contributed by atoms with Crippen molar-refractivity contribution >= 4 is 28.6 Å². The van der Waals surface area contributed by atoms with Crippen LogP contribution in [0, 0.1) is 16.0 Å². The molecule has 1 aliphatic heterocycles. The van der Waals surface area contributed by atoms with Crippen molar-refractivity contribution in [2.75, 3.05) is 24.5 Å². The zero-order valence-corrected chi connectivity index (χ0v) is 15.6. The van der Waals surface area contributed by atoms with Crippen molar-refractivity contribution in [2.45, 2.75) is 32.8 Å².